The van der Waals surface area contributed by atoms with Crippen LogP contribution in [0.3, 0.4) is 0 Å². The molecule has 8 nitrogen and oxygen atoms in total. The van der Waals surface area contributed by atoms with Gasteiger partial charge in [0.15, 0.2) is 0 Å². The lowest BCUT2D eigenvalue weighted by Crippen LogP contribution is -2.45. The number of nitrogens with zero attached hydrogens (tertiary/aromatic N) is 5. The molecule has 1 saturated heterocycles. The van der Waals surface area contributed by atoms with Crippen molar-refractivity contribution >= 4 is 22.8 Å². The third kappa shape index (κ3) is 3.89. The van der Waals surface area contributed by atoms with E-state index in [4.69, 9.17) is 9.47 Å². The molecule has 1 spiro atoms. The van der Waals surface area contributed by atoms with Crippen molar-refractivity contribution < 1.29 is 14.3 Å². The molecule has 8 heteroatoms. The number of methoxy groups -OCH3 is 1. The van der Waals surface area contributed by atoms with Gasteiger partial charge in [-0.3, -0.25) is 9.88 Å². The zero-order valence-corrected chi connectivity index (χ0v) is 20.2. The SMILES string of the molecule is COc1cc(C2CC2)ncc1N1C[C@@]2(CCC[C@](C)(Cn3cnc4ccc(C#N)cc43)C2)OC1=O. The van der Waals surface area contributed by atoms with E-state index in [1.165, 1.54) is 0 Å². The summed E-state index contributed by atoms with van der Waals surface area (Å²) in [6.45, 7) is 3.50. The predicted molar refractivity (Wildman–Crippen MR) is 130 cm³/mol. The highest BCUT2D eigenvalue weighted by Gasteiger charge is 2.52. The van der Waals surface area contributed by atoms with Crippen LogP contribution in [0.15, 0.2) is 36.8 Å². The van der Waals surface area contributed by atoms with E-state index in [1.54, 1.807) is 24.3 Å². The average molecular weight is 472 g/mol. The minimum absolute atomic E-state index is 0.0804. The van der Waals surface area contributed by atoms with E-state index in [0.29, 0.717) is 29.5 Å². The normalized spacial score (nSPS) is 26.2. The van der Waals surface area contributed by atoms with Crippen LogP contribution in [0.25, 0.3) is 11.0 Å². The molecule has 1 amide bonds. The van der Waals surface area contributed by atoms with Crippen molar-refractivity contribution in [1.82, 2.24) is 14.5 Å². The van der Waals surface area contributed by atoms with Gasteiger partial charge < -0.3 is 14.0 Å². The van der Waals surface area contributed by atoms with Gasteiger partial charge in [-0.2, -0.15) is 5.26 Å². The van der Waals surface area contributed by atoms with Gasteiger partial charge in [-0.1, -0.05) is 6.92 Å². The molecule has 0 radical (unpaired) electrons. The predicted octanol–water partition coefficient (Wildman–Crippen LogP) is 5.16. The number of anilines is 1. The van der Waals surface area contributed by atoms with Gasteiger partial charge in [-0.25, -0.2) is 9.78 Å². The summed E-state index contributed by atoms with van der Waals surface area (Å²) in [7, 11) is 1.64. The van der Waals surface area contributed by atoms with Crippen molar-refractivity contribution in [3.8, 4) is 11.8 Å². The van der Waals surface area contributed by atoms with Gasteiger partial charge in [-0.05, 0) is 62.1 Å². The fraction of sp³-hybridized carbons (Fsp3) is 0.481. The number of carbonyl (C=O) groups excluding carboxylic acids is 1. The molecule has 3 aromatic rings. The lowest BCUT2D eigenvalue weighted by Gasteiger charge is -2.43. The molecule has 3 fully saturated rings. The van der Waals surface area contributed by atoms with Gasteiger partial charge in [0.2, 0.25) is 0 Å². The van der Waals surface area contributed by atoms with Gasteiger partial charge in [0.25, 0.3) is 0 Å². The number of ether oxygens (including phenoxy) is 2. The van der Waals surface area contributed by atoms with E-state index in [1.807, 2.05) is 24.5 Å². The lowest BCUT2D eigenvalue weighted by atomic mass is 9.68. The first-order valence-electron chi connectivity index (χ1n) is 12.3. The number of fused-ring (bicyclic) bond motifs is 1. The quantitative estimate of drug-likeness (QED) is 0.510. The number of nitriles is 1. The van der Waals surface area contributed by atoms with Crippen LogP contribution in [0.2, 0.25) is 0 Å². The number of carbonyl (C=O) groups is 1. The fourth-order valence-corrected chi connectivity index (χ4v) is 6.03. The second-order valence-corrected chi connectivity index (χ2v) is 10.7. The Morgan fingerprint density at radius 2 is 2.11 bits per heavy atom. The highest BCUT2D eigenvalue weighted by Crippen LogP contribution is 2.49. The van der Waals surface area contributed by atoms with E-state index < -0.39 is 5.60 Å². The lowest BCUT2D eigenvalue weighted by molar-refractivity contribution is -0.0264. The zero-order chi connectivity index (χ0) is 24.2. The van der Waals surface area contributed by atoms with E-state index in [9.17, 15) is 10.1 Å². The molecule has 180 valence electrons. The minimum atomic E-state index is -0.543. The topological polar surface area (TPSA) is 93.3 Å². The van der Waals surface area contributed by atoms with Gasteiger partial charge in [0.1, 0.15) is 17.0 Å². The Kier molecular flexibility index (Phi) is 4.99. The Labute approximate surface area is 204 Å². The first-order chi connectivity index (χ1) is 16.9. The smallest absolute Gasteiger partial charge is 0.415 e. The molecule has 1 aromatic carbocycles. The standard InChI is InChI=1S/C27H29N5O3/c1-26(15-31-17-30-20-7-4-18(12-28)10-22(20)31)8-3-9-27(14-26)16-32(25(33)35-27)23-13-29-21(19-5-6-19)11-24(23)34-2/h4,7,10-11,13,17,19H,3,5-6,8-9,14-16H2,1-2H3/t26-,27-/m0/s1. The average Bonchev–Trinajstić information content (AvgIpc) is 3.57. The maximum Gasteiger partial charge on any atom is 0.415 e. The Morgan fingerprint density at radius 3 is 2.89 bits per heavy atom. The molecule has 0 bridgehead atoms. The van der Waals surface area contributed by atoms with Crippen LogP contribution >= 0.6 is 0 Å². The molecule has 3 heterocycles. The summed E-state index contributed by atoms with van der Waals surface area (Å²) in [5.74, 6) is 1.19. The van der Waals surface area contributed by atoms with Crippen LogP contribution in [-0.4, -0.2) is 39.9 Å². The summed E-state index contributed by atoms with van der Waals surface area (Å²) in [5.41, 5.74) is 3.55. The highest BCUT2D eigenvalue weighted by atomic mass is 16.6. The first kappa shape index (κ1) is 21.9. The van der Waals surface area contributed by atoms with Gasteiger partial charge in [-0.15, -0.1) is 0 Å². The Morgan fingerprint density at radius 1 is 1.26 bits per heavy atom. The van der Waals surface area contributed by atoms with E-state index in [-0.39, 0.29) is 11.5 Å². The van der Waals surface area contributed by atoms with Gasteiger partial charge in [0, 0.05) is 24.2 Å². The van der Waals surface area contributed by atoms with Gasteiger partial charge in [0.05, 0.1) is 48.8 Å². The summed E-state index contributed by atoms with van der Waals surface area (Å²) < 4.78 is 13.9. The number of rotatable bonds is 5. The molecule has 2 atom stereocenters. The second-order valence-electron chi connectivity index (χ2n) is 10.7. The monoisotopic (exact) mass is 471 g/mol. The van der Waals surface area contributed by atoms with E-state index in [2.05, 4.69) is 27.5 Å². The summed E-state index contributed by atoms with van der Waals surface area (Å²) in [6.07, 6.45) is 9.21. The van der Waals surface area contributed by atoms with Crippen molar-refractivity contribution in [3.05, 3.63) is 48.0 Å². The minimum Gasteiger partial charge on any atom is -0.494 e. The third-order valence-corrected chi connectivity index (χ3v) is 7.81. The molecule has 2 aromatic heterocycles. The Balaban J connectivity index is 1.25. The number of imidazole rings is 1. The molecule has 35 heavy (non-hydrogen) atoms. The van der Waals surface area contributed by atoms with Crippen molar-refractivity contribution in [2.75, 3.05) is 18.6 Å². The van der Waals surface area contributed by atoms with Crippen LogP contribution in [0.5, 0.6) is 5.75 Å². The second kappa shape index (κ2) is 7.98. The summed E-state index contributed by atoms with van der Waals surface area (Å²) in [5, 5.41) is 9.32. The Bertz CT molecular complexity index is 1360. The van der Waals surface area contributed by atoms with Crippen LogP contribution < -0.4 is 9.64 Å². The molecule has 0 unspecified atom stereocenters. The van der Waals surface area contributed by atoms with Crippen LogP contribution in [0.1, 0.15) is 62.6 Å². The molecule has 1 aliphatic heterocycles. The highest BCUT2D eigenvalue weighted by molar-refractivity contribution is 5.92. The maximum absolute atomic E-state index is 13.1. The molecule has 3 aliphatic rings. The largest absolute Gasteiger partial charge is 0.494 e. The number of pyridine rings is 1. The molecular formula is C27H29N5O3. The summed E-state index contributed by atoms with van der Waals surface area (Å²) in [4.78, 5) is 23.9. The van der Waals surface area contributed by atoms with Crippen molar-refractivity contribution in [2.45, 2.75) is 63.5 Å². The Hall–Kier alpha value is -3.60. The number of hydrogen-bond donors (Lipinski definition) is 0. The zero-order valence-electron chi connectivity index (χ0n) is 20.2. The van der Waals surface area contributed by atoms with Crippen LogP contribution in [-0.2, 0) is 11.3 Å². The molecular weight excluding hydrogens is 442 g/mol. The number of amides is 1. The molecule has 6 rings (SSSR count). The van der Waals surface area contributed by atoms with Crippen molar-refractivity contribution in [1.29, 1.82) is 5.26 Å². The van der Waals surface area contributed by atoms with Crippen molar-refractivity contribution in [2.24, 2.45) is 5.41 Å². The summed E-state index contributed by atoms with van der Waals surface area (Å²) in [6, 6.07) is 9.77. The third-order valence-electron chi connectivity index (χ3n) is 7.81. The maximum atomic E-state index is 13.1. The molecule has 2 aliphatic carbocycles. The van der Waals surface area contributed by atoms with Crippen molar-refractivity contribution in [3.63, 3.8) is 0 Å². The number of hydrogen-bond acceptors (Lipinski definition) is 6. The molecule has 0 N–H and O–H groups in total. The van der Waals surface area contributed by atoms with Crippen LogP contribution in [0.4, 0.5) is 10.5 Å². The van der Waals surface area contributed by atoms with E-state index in [0.717, 1.165) is 61.8 Å². The first-order valence-corrected chi connectivity index (χ1v) is 12.3. The van der Waals surface area contributed by atoms with Crippen LogP contribution in [0, 0.1) is 16.7 Å². The number of aromatic nitrogens is 3. The van der Waals surface area contributed by atoms with Gasteiger partial charge >= 0.3 is 6.09 Å². The molecule has 2 saturated carbocycles. The summed E-state index contributed by atoms with van der Waals surface area (Å²) >= 11 is 0. The number of benzene rings is 1. The fourth-order valence-electron chi connectivity index (χ4n) is 6.03. The van der Waals surface area contributed by atoms with E-state index >= 15 is 0 Å².